The Morgan fingerprint density at radius 2 is 1.85 bits per heavy atom. The highest BCUT2D eigenvalue weighted by Gasteiger charge is 2.30. The molecule has 1 aliphatic heterocycles. The van der Waals surface area contributed by atoms with Gasteiger partial charge < -0.3 is 14.0 Å². The number of nitrogens with zero attached hydrogens (tertiary/aromatic N) is 3. The first-order valence-electron chi connectivity index (χ1n) is 11.1. The third-order valence-corrected chi connectivity index (χ3v) is 6.20. The molecule has 168 valence electrons. The highest BCUT2D eigenvalue weighted by Crippen LogP contribution is 2.40. The van der Waals surface area contributed by atoms with Gasteiger partial charge in [-0.2, -0.15) is 0 Å². The van der Waals surface area contributed by atoms with E-state index in [0.29, 0.717) is 13.2 Å². The first-order chi connectivity index (χ1) is 16.1. The summed E-state index contributed by atoms with van der Waals surface area (Å²) in [6.45, 7) is 3.10. The first-order valence-corrected chi connectivity index (χ1v) is 11.1. The smallest absolute Gasteiger partial charge is 0.123 e. The summed E-state index contributed by atoms with van der Waals surface area (Å²) in [6.07, 6.45) is 5.39. The molecule has 2 aromatic carbocycles. The Labute approximate surface area is 192 Å². The fourth-order valence-corrected chi connectivity index (χ4v) is 4.49. The second-order valence-corrected chi connectivity index (χ2v) is 8.35. The maximum absolute atomic E-state index is 14.1. The molecule has 0 aliphatic carbocycles. The van der Waals surface area contributed by atoms with Crippen LogP contribution in [0.2, 0.25) is 0 Å². The zero-order valence-corrected chi connectivity index (χ0v) is 18.8. The number of halogens is 1. The summed E-state index contributed by atoms with van der Waals surface area (Å²) in [5.41, 5.74) is 5.75. The average molecular weight is 444 g/mol. The van der Waals surface area contributed by atoms with E-state index in [-0.39, 0.29) is 11.9 Å². The lowest BCUT2D eigenvalue weighted by atomic mass is 10.0. The molecule has 0 fully saturated rings. The molecular formula is C27H26FN3O2. The molecule has 0 saturated carbocycles. The number of benzene rings is 2. The molecule has 3 heterocycles. The van der Waals surface area contributed by atoms with Crippen LogP contribution in [0.15, 0.2) is 67.0 Å². The number of aryl methyl sites for hydroxylation is 2. The van der Waals surface area contributed by atoms with E-state index in [9.17, 15) is 4.39 Å². The van der Waals surface area contributed by atoms with E-state index in [0.717, 1.165) is 58.1 Å². The van der Waals surface area contributed by atoms with Gasteiger partial charge in [0.25, 0.3) is 0 Å². The topological polar surface area (TPSA) is 49.2 Å². The molecule has 0 unspecified atom stereocenters. The van der Waals surface area contributed by atoms with Crippen LogP contribution in [-0.4, -0.2) is 28.3 Å². The maximum Gasteiger partial charge on any atom is 0.123 e. The normalized spacial score (nSPS) is 14.9. The molecule has 0 amide bonds. The molecule has 0 saturated heterocycles. The fraction of sp³-hybridized carbons (Fsp3) is 0.259. The Kier molecular flexibility index (Phi) is 5.92. The van der Waals surface area contributed by atoms with Crippen molar-refractivity contribution >= 4 is 0 Å². The lowest BCUT2D eigenvalue weighted by Crippen LogP contribution is -2.13. The van der Waals surface area contributed by atoms with Crippen LogP contribution in [0.5, 0.6) is 5.75 Å². The fourth-order valence-electron chi connectivity index (χ4n) is 4.49. The number of hydrogen-bond acceptors (Lipinski definition) is 4. The minimum Gasteiger partial charge on any atom is -0.497 e. The first kappa shape index (κ1) is 21.3. The molecule has 1 aliphatic rings. The zero-order chi connectivity index (χ0) is 22.8. The van der Waals surface area contributed by atoms with Crippen LogP contribution in [0.3, 0.4) is 0 Å². The largest absolute Gasteiger partial charge is 0.497 e. The van der Waals surface area contributed by atoms with Gasteiger partial charge in [0.15, 0.2) is 0 Å². The van der Waals surface area contributed by atoms with E-state index < -0.39 is 0 Å². The van der Waals surface area contributed by atoms with Crippen LogP contribution in [0.25, 0.3) is 22.5 Å². The Morgan fingerprint density at radius 1 is 1.06 bits per heavy atom. The number of rotatable bonds is 7. The SMILES string of the molecule is COc1ccc(COC[C@@H]2CCc3nc(-c4cc(F)ccc4C)c(-c4ccncc4)n32)cc1. The highest BCUT2D eigenvalue weighted by molar-refractivity contribution is 5.81. The van der Waals surface area contributed by atoms with Crippen molar-refractivity contribution in [3.63, 3.8) is 0 Å². The predicted molar refractivity (Wildman–Crippen MR) is 126 cm³/mol. The summed E-state index contributed by atoms with van der Waals surface area (Å²) in [6, 6.07) is 16.9. The van der Waals surface area contributed by atoms with Gasteiger partial charge in [-0.05, 0) is 60.9 Å². The van der Waals surface area contributed by atoms with E-state index >= 15 is 0 Å². The van der Waals surface area contributed by atoms with Crippen LogP contribution < -0.4 is 4.74 Å². The van der Waals surface area contributed by atoms with E-state index in [1.165, 1.54) is 6.07 Å². The van der Waals surface area contributed by atoms with Crippen molar-refractivity contribution in [2.24, 2.45) is 0 Å². The highest BCUT2D eigenvalue weighted by atomic mass is 19.1. The summed E-state index contributed by atoms with van der Waals surface area (Å²) in [5, 5.41) is 0. The number of fused-ring (bicyclic) bond motifs is 1. The minimum atomic E-state index is -0.260. The third-order valence-electron chi connectivity index (χ3n) is 6.20. The monoisotopic (exact) mass is 443 g/mol. The predicted octanol–water partition coefficient (Wildman–Crippen LogP) is 5.77. The van der Waals surface area contributed by atoms with Crippen LogP contribution in [0.1, 0.15) is 29.4 Å². The molecule has 2 aromatic heterocycles. The second kappa shape index (κ2) is 9.16. The third kappa shape index (κ3) is 4.26. The lowest BCUT2D eigenvalue weighted by molar-refractivity contribution is 0.0925. The summed E-state index contributed by atoms with van der Waals surface area (Å²) in [4.78, 5) is 9.16. The van der Waals surface area contributed by atoms with Gasteiger partial charge in [0.1, 0.15) is 17.4 Å². The molecule has 1 atom stereocenters. The van der Waals surface area contributed by atoms with E-state index in [2.05, 4.69) is 9.55 Å². The quantitative estimate of drug-likeness (QED) is 0.364. The second-order valence-electron chi connectivity index (χ2n) is 8.35. The molecule has 33 heavy (non-hydrogen) atoms. The van der Waals surface area contributed by atoms with Crippen LogP contribution in [-0.2, 0) is 17.8 Å². The van der Waals surface area contributed by atoms with Crippen LogP contribution in [0, 0.1) is 12.7 Å². The van der Waals surface area contributed by atoms with Gasteiger partial charge in [-0.3, -0.25) is 4.98 Å². The van der Waals surface area contributed by atoms with Gasteiger partial charge in [-0.15, -0.1) is 0 Å². The van der Waals surface area contributed by atoms with Crippen molar-refractivity contribution in [2.75, 3.05) is 13.7 Å². The summed E-state index contributed by atoms with van der Waals surface area (Å²) in [5.74, 6) is 1.59. The number of hydrogen-bond donors (Lipinski definition) is 0. The molecule has 0 N–H and O–H groups in total. The average Bonchev–Trinajstić information content (AvgIpc) is 3.41. The van der Waals surface area contributed by atoms with Gasteiger partial charge in [0, 0.05) is 29.9 Å². The standard InChI is InChI=1S/C27H26FN3O2/c1-18-3-6-21(28)15-24(18)26-27(20-11-13-29-14-12-20)31-22(7-10-25(31)30-26)17-33-16-19-4-8-23(32-2)9-5-19/h3-6,8-9,11-15,22H,7,10,16-17H2,1-2H3/t22-/m0/s1. The number of ether oxygens (including phenoxy) is 2. The molecule has 5 rings (SSSR count). The Bertz CT molecular complexity index is 1250. The van der Waals surface area contributed by atoms with Crippen molar-refractivity contribution in [3.05, 3.63) is 89.8 Å². The maximum atomic E-state index is 14.1. The minimum absolute atomic E-state index is 0.163. The zero-order valence-electron chi connectivity index (χ0n) is 18.8. The van der Waals surface area contributed by atoms with Crippen molar-refractivity contribution in [1.29, 1.82) is 0 Å². The number of imidazole rings is 1. The molecule has 5 nitrogen and oxygen atoms in total. The van der Waals surface area contributed by atoms with E-state index in [1.807, 2.05) is 43.3 Å². The Balaban J connectivity index is 1.46. The number of methoxy groups -OCH3 is 1. The molecule has 6 heteroatoms. The Hall–Kier alpha value is -3.51. The van der Waals surface area contributed by atoms with E-state index in [4.69, 9.17) is 14.5 Å². The van der Waals surface area contributed by atoms with Crippen molar-refractivity contribution in [3.8, 4) is 28.3 Å². The Morgan fingerprint density at radius 3 is 2.61 bits per heavy atom. The number of pyridine rings is 1. The van der Waals surface area contributed by atoms with Gasteiger partial charge in [-0.25, -0.2) is 9.37 Å². The van der Waals surface area contributed by atoms with E-state index in [1.54, 1.807) is 31.6 Å². The molecular weight excluding hydrogens is 417 g/mol. The molecule has 4 aromatic rings. The number of aromatic nitrogens is 3. The summed E-state index contributed by atoms with van der Waals surface area (Å²) in [7, 11) is 1.66. The van der Waals surface area contributed by atoms with Crippen LogP contribution >= 0.6 is 0 Å². The summed E-state index contributed by atoms with van der Waals surface area (Å²) < 4.78 is 27.8. The molecule has 0 bridgehead atoms. The lowest BCUT2D eigenvalue weighted by Gasteiger charge is -2.18. The molecule has 0 spiro atoms. The summed E-state index contributed by atoms with van der Waals surface area (Å²) >= 11 is 0. The van der Waals surface area contributed by atoms with Crippen molar-refractivity contribution < 1.29 is 13.9 Å². The van der Waals surface area contributed by atoms with Crippen molar-refractivity contribution in [1.82, 2.24) is 14.5 Å². The van der Waals surface area contributed by atoms with Crippen molar-refractivity contribution in [2.45, 2.75) is 32.4 Å². The van der Waals surface area contributed by atoms with Gasteiger partial charge in [0.2, 0.25) is 0 Å². The van der Waals surface area contributed by atoms with Gasteiger partial charge in [0.05, 0.1) is 37.8 Å². The molecule has 0 radical (unpaired) electrons. The van der Waals surface area contributed by atoms with Gasteiger partial charge in [-0.1, -0.05) is 18.2 Å². The van der Waals surface area contributed by atoms with Gasteiger partial charge >= 0.3 is 0 Å². The van der Waals surface area contributed by atoms with Crippen LogP contribution in [0.4, 0.5) is 4.39 Å².